The molecule has 6 heteroatoms. The molecule has 1 amide bonds. The number of para-hydroxylation sites is 1. The maximum atomic E-state index is 12.1. The van der Waals surface area contributed by atoms with Gasteiger partial charge in [0.25, 0.3) is 0 Å². The quantitative estimate of drug-likeness (QED) is 0.561. The number of nitrogens with one attached hydrogen (secondary N) is 2. The lowest BCUT2D eigenvalue weighted by Gasteiger charge is -2.09. The van der Waals surface area contributed by atoms with E-state index in [-0.39, 0.29) is 12.7 Å². The topological polar surface area (TPSA) is 68.8 Å². The fourth-order valence-corrected chi connectivity index (χ4v) is 2.94. The molecule has 0 saturated carbocycles. The number of hydrogen-bond acceptors (Lipinski definition) is 5. The molecule has 0 unspecified atom stereocenters. The van der Waals surface area contributed by atoms with E-state index in [9.17, 15) is 4.79 Å². The molecule has 0 aromatic heterocycles. The first-order chi connectivity index (χ1) is 14.3. The molecule has 3 aromatic rings. The predicted octanol–water partition coefficient (Wildman–Crippen LogP) is 4.33. The van der Waals surface area contributed by atoms with Crippen LogP contribution in [0.2, 0.25) is 0 Å². The number of rotatable bonds is 8. The van der Waals surface area contributed by atoms with Gasteiger partial charge in [0.15, 0.2) is 11.5 Å². The largest absolute Gasteiger partial charge is 0.457 e. The molecule has 0 atom stereocenters. The highest BCUT2D eigenvalue weighted by Gasteiger charge is 2.12. The number of ether oxygens (including phenoxy) is 3. The third kappa shape index (κ3) is 5.27. The molecule has 0 fully saturated rings. The molecule has 29 heavy (non-hydrogen) atoms. The van der Waals surface area contributed by atoms with Crippen molar-refractivity contribution in [3.05, 3.63) is 78.4 Å². The monoisotopic (exact) mass is 390 g/mol. The van der Waals surface area contributed by atoms with Gasteiger partial charge in [0.1, 0.15) is 11.5 Å². The van der Waals surface area contributed by atoms with Gasteiger partial charge < -0.3 is 24.8 Å². The SMILES string of the molecule is O=C(CCNCc1ccc2c(c1)OCO2)Nc1ccc(Oc2ccccc2)cc1. The van der Waals surface area contributed by atoms with Gasteiger partial charge in [0.2, 0.25) is 12.7 Å². The maximum absolute atomic E-state index is 12.1. The lowest BCUT2D eigenvalue weighted by atomic mass is 10.2. The fraction of sp³-hybridized carbons (Fsp3) is 0.174. The van der Waals surface area contributed by atoms with E-state index in [1.54, 1.807) is 0 Å². The molecule has 0 saturated heterocycles. The Balaban J connectivity index is 1.18. The van der Waals surface area contributed by atoms with E-state index >= 15 is 0 Å². The smallest absolute Gasteiger partial charge is 0.231 e. The summed E-state index contributed by atoms with van der Waals surface area (Å²) in [6.45, 7) is 1.51. The summed E-state index contributed by atoms with van der Waals surface area (Å²) in [6, 6.07) is 22.7. The number of hydrogen-bond donors (Lipinski definition) is 2. The summed E-state index contributed by atoms with van der Waals surface area (Å²) < 4.78 is 16.4. The number of amides is 1. The number of fused-ring (bicyclic) bond motifs is 1. The van der Waals surface area contributed by atoms with Crippen LogP contribution in [0, 0.1) is 0 Å². The molecule has 1 heterocycles. The second-order valence-corrected chi connectivity index (χ2v) is 6.60. The van der Waals surface area contributed by atoms with Gasteiger partial charge in [-0.15, -0.1) is 0 Å². The van der Waals surface area contributed by atoms with Crippen molar-refractivity contribution in [1.29, 1.82) is 0 Å². The van der Waals surface area contributed by atoms with E-state index in [1.807, 2.05) is 72.8 Å². The van der Waals surface area contributed by atoms with Crippen molar-refractivity contribution in [2.45, 2.75) is 13.0 Å². The molecule has 1 aliphatic heterocycles. The Morgan fingerprint density at radius 3 is 2.48 bits per heavy atom. The first-order valence-corrected chi connectivity index (χ1v) is 9.48. The van der Waals surface area contributed by atoms with Crippen LogP contribution in [0.15, 0.2) is 72.8 Å². The van der Waals surface area contributed by atoms with E-state index in [1.165, 1.54) is 0 Å². The zero-order chi connectivity index (χ0) is 19.9. The lowest BCUT2D eigenvalue weighted by Crippen LogP contribution is -2.21. The van der Waals surface area contributed by atoms with Gasteiger partial charge in [-0.2, -0.15) is 0 Å². The van der Waals surface area contributed by atoms with Crippen molar-refractivity contribution >= 4 is 11.6 Å². The molecule has 0 bridgehead atoms. The molecule has 6 nitrogen and oxygen atoms in total. The number of benzene rings is 3. The van der Waals surface area contributed by atoms with Crippen LogP contribution in [0.1, 0.15) is 12.0 Å². The standard InChI is InChI=1S/C23H22N2O4/c26-23(12-13-24-15-17-6-11-21-22(14-17)28-16-27-21)25-18-7-9-20(10-8-18)29-19-4-2-1-3-5-19/h1-11,14,24H,12-13,15-16H2,(H,25,26). The van der Waals surface area contributed by atoms with Crippen LogP contribution in [0.3, 0.4) is 0 Å². The molecular formula is C23H22N2O4. The van der Waals surface area contributed by atoms with Crippen LogP contribution in [0.5, 0.6) is 23.0 Å². The molecule has 4 rings (SSSR count). The average molecular weight is 390 g/mol. The van der Waals surface area contributed by atoms with Crippen LogP contribution in [-0.2, 0) is 11.3 Å². The van der Waals surface area contributed by atoms with E-state index in [0.717, 1.165) is 34.2 Å². The van der Waals surface area contributed by atoms with E-state index < -0.39 is 0 Å². The second-order valence-electron chi connectivity index (χ2n) is 6.60. The van der Waals surface area contributed by atoms with Crippen molar-refractivity contribution in [3.8, 4) is 23.0 Å². The van der Waals surface area contributed by atoms with E-state index in [2.05, 4.69) is 10.6 Å². The maximum Gasteiger partial charge on any atom is 0.231 e. The molecule has 0 aliphatic carbocycles. The number of carbonyl (C=O) groups is 1. The summed E-state index contributed by atoms with van der Waals surface area (Å²) in [4.78, 5) is 12.1. The Morgan fingerprint density at radius 2 is 1.66 bits per heavy atom. The first kappa shape index (κ1) is 18.8. The molecule has 0 radical (unpaired) electrons. The van der Waals surface area contributed by atoms with Gasteiger partial charge in [-0.3, -0.25) is 4.79 Å². The normalized spacial score (nSPS) is 11.9. The highest BCUT2D eigenvalue weighted by molar-refractivity contribution is 5.90. The zero-order valence-electron chi connectivity index (χ0n) is 15.9. The number of carbonyl (C=O) groups excluding carboxylic acids is 1. The van der Waals surface area contributed by atoms with Crippen LogP contribution in [0.25, 0.3) is 0 Å². The highest BCUT2D eigenvalue weighted by Crippen LogP contribution is 2.32. The minimum atomic E-state index is -0.0417. The van der Waals surface area contributed by atoms with Crippen molar-refractivity contribution in [3.63, 3.8) is 0 Å². The molecule has 1 aliphatic rings. The third-order valence-corrected chi connectivity index (χ3v) is 4.41. The molecule has 3 aromatic carbocycles. The molecule has 0 spiro atoms. The Hall–Kier alpha value is -3.51. The van der Waals surface area contributed by atoms with Crippen molar-refractivity contribution in [2.75, 3.05) is 18.7 Å². The van der Waals surface area contributed by atoms with Gasteiger partial charge in [0.05, 0.1) is 0 Å². The van der Waals surface area contributed by atoms with E-state index in [4.69, 9.17) is 14.2 Å². The van der Waals surface area contributed by atoms with Crippen LogP contribution < -0.4 is 24.8 Å². The Kier molecular flexibility index (Phi) is 5.92. The minimum absolute atomic E-state index is 0.0417. The number of anilines is 1. The van der Waals surface area contributed by atoms with Gasteiger partial charge >= 0.3 is 0 Å². The summed E-state index contributed by atoms with van der Waals surface area (Å²) >= 11 is 0. The van der Waals surface area contributed by atoms with Gasteiger partial charge in [-0.1, -0.05) is 24.3 Å². The fourth-order valence-electron chi connectivity index (χ4n) is 2.94. The first-order valence-electron chi connectivity index (χ1n) is 9.48. The second kappa shape index (κ2) is 9.12. The summed E-state index contributed by atoms with van der Waals surface area (Å²) in [6.07, 6.45) is 0.382. The highest BCUT2D eigenvalue weighted by atomic mass is 16.7. The van der Waals surface area contributed by atoms with Crippen LogP contribution >= 0.6 is 0 Å². The zero-order valence-corrected chi connectivity index (χ0v) is 15.9. The summed E-state index contributed by atoms with van der Waals surface area (Å²) in [5.41, 5.74) is 1.83. The van der Waals surface area contributed by atoms with Crippen LogP contribution in [-0.4, -0.2) is 19.2 Å². The van der Waals surface area contributed by atoms with Crippen molar-refractivity contribution in [1.82, 2.24) is 5.32 Å². The van der Waals surface area contributed by atoms with Crippen molar-refractivity contribution < 1.29 is 19.0 Å². The van der Waals surface area contributed by atoms with Crippen LogP contribution in [0.4, 0.5) is 5.69 Å². The predicted molar refractivity (Wildman–Crippen MR) is 110 cm³/mol. The van der Waals surface area contributed by atoms with Gasteiger partial charge in [-0.25, -0.2) is 0 Å². The minimum Gasteiger partial charge on any atom is -0.457 e. The summed E-state index contributed by atoms with van der Waals surface area (Å²) in [5.74, 6) is 2.99. The lowest BCUT2D eigenvalue weighted by molar-refractivity contribution is -0.116. The Bertz CT molecular complexity index is 958. The van der Waals surface area contributed by atoms with Crippen molar-refractivity contribution in [2.24, 2.45) is 0 Å². The van der Waals surface area contributed by atoms with Gasteiger partial charge in [0, 0.05) is 25.2 Å². The van der Waals surface area contributed by atoms with Gasteiger partial charge in [-0.05, 0) is 54.1 Å². The van der Waals surface area contributed by atoms with E-state index in [0.29, 0.717) is 19.5 Å². The average Bonchev–Trinajstić information content (AvgIpc) is 3.21. The molecular weight excluding hydrogens is 368 g/mol. The Labute approximate surface area is 169 Å². The molecule has 2 N–H and O–H groups in total. The third-order valence-electron chi connectivity index (χ3n) is 4.41. The summed E-state index contributed by atoms with van der Waals surface area (Å²) in [7, 11) is 0. The Morgan fingerprint density at radius 1 is 0.897 bits per heavy atom. The summed E-state index contributed by atoms with van der Waals surface area (Å²) in [5, 5.41) is 6.16. The molecule has 148 valence electrons.